The van der Waals surface area contributed by atoms with E-state index in [0.29, 0.717) is 18.6 Å². The number of hydrogen-bond donors (Lipinski definition) is 2. The molecular formula is C14H20N6O4. The molecule has 130 valence electrons. The van der Waals surface area contributed by atoms with Gasteiger partial charge in [-0.25, -0.2) is 14.8 Å². The number of carbonyl (C=O) groups excluding carboxylic acids is 2. The van der Waals surface area contributed by atoms with Crippen molar-refractivity contribution in [3.05, 3.63) is 12.0 Å². The molecule has 0 aliphatic heterocycles. The fourth-order valence-electron chi connectivity index (χ4n) is 2.32. The Bertz CT molecular complexity index is 726. The average molecular weight is 336 g/mol. The quantitative estimate of drug-likeness (QED) is 0.689. The number of nitrogen functional groups attached to an aromatic ring is 1. The van der Waals surface area contributed by atoms with E-state index < -0.39 is 12.1 Å². The predicted octanol–water partition coefficient (Wildman–Crippen LogP) is 0.382. The van der Waals surface area contributed by atoms with Crippen LogP contribution in [0.15, 0.2) is 6.33 Å². The molecule has 2 heterocycles. The van der Waals surface area contributed by atoms with Gasteiger partial charge in [0.25, 0.3) is 0 Å². The highest BCUT2D eigenvalue weighted by Gasteiger charge is 2.15. The van der Waals surface area contributed by atoms with Gasteiger partial charge in [-0.3, -0.25) is 4.79 Å². The summed E-state index contributed by atoms with van der Waals surface area (Å²) in [4.78, 5) is 34.2. The van der Waals surface area contributed by atoms with E-state index in [1.165, 1.54) is 6.92 Å². The standard InChI is InChI=1S/C14H20N6O4/c1-8-11-12(19-13(15)18-8)17-7-20(11)4-3-10(5-23-9(2)21)6-24-14(16)22/h7,10H,3-6H2,1-2H3,(H2,16,22)(H2,15,18,19). The predicted molar refractivity (Wildman–Crippen MR) is 84.7 cm³/mol. The third-order valence-electron chi connectivity index (χ3n) is 3.43. The number of imidazole rings is 1. The number of nitrogens with zero attached hydrogens (tertiary/aromatic N) is 4. The number of ether oxygens (including phenoxy) is 2. The topological polar surface area (TPSA) is 148 Å². The summed E-state index contributed by atoms with van der Waals surface area (Å²) in [6, 6.07) is 0. The molecule has 1 amide bonds. The molecule has 24 heavy (non-hydrogen) atoms. The maximum atomic E-state index is 11.0. The summed E-state index contributed by atoms with van der Waals surface area (Å²) in [5.74, 6) is -0.409. The zero-order valence-electron chi connectivity index (χ0n) is 13.6. The smallest absolute Gasteiger partial charge is 0.404 e. The van der Waals surface area contributed by atoms with Crippen molar-refractivity contribution in [2.24, 2.45) is 11.7 Å². The number of fused-ring (bicyclic) bond motifs is 1. The molecule has 2 aromatic heterocycles. The first-order valence-corrected chi connectivity index (χ1v) is 7.37. The number of hydrogen-bond acceptors (Lipinski definition) is 8. The molecule has 0 fully saturated rings. The summed E-state index contributed by atoms with van der Waals surface area (Å²) in [5, 5.41) is 0. The average Bonchev–Trinajstić information content (AvgIpc) is 2.89. The number of aryl methyl sites for hydroxylation is 2. The van der Waals surface area contributed by atoms with Crippen LogP contribution in [0.25, 0.3) is 11.2 Å². The number of esters is 1. The van der Waals surface area contributed by atoms with Gasteiger partial charge in [0.2, 0.25) is 5.95 Å². The first-order chi connectivity index (χ1) is 11.4. The molecule has 0 aromatic carbocycles. The van der Waals surface area contributed by atoms with E-state index in [4.69, 9.17) is 20.9 Å². The van der Waals surface area contributed by atoms with Crippen molar-refractivity contribution in [3.8, 4) is 0 Å². The summed E-state index contributed by atoms with van der Waals surface area (Å²) in [6.07, 6.45) is 1.36. The van der Waals surface area contributed by atoms with Crippen molar-refractivity contribution in [2.75, 3.05) is 18.9 Å². The lowest BCUT2D eigenvalue weighted by atomic mass is 10.1. The SMILES string of the molecule is CC(=O)OCC(CCn1cnc2nc(N)nc(C)c21)COC(N)=O. The van der Waals surface area contributed by atoms with Crippen LogP contribution >= 0.6 is 0 Å². The second-order valence-electron chi connectivity index (χ2n) is 5.36. The van der Waals surface area contributed by atoms with Crippen LogP contribution in [0.3, 0.4) is 0 Å². The van der Waals surface area contributed by atoms with Crippen molar-refractivity contribution < 1.29 is 19.1 Å². The van der Waals surface area contributed by atoms with Crippen LogP contribution in [-0.4, -0.2) is 44.8 Å². The molecule has 0 aliphatic rings. The van der Waals surface area contributed by atoms with Gasteiger partial charge in [0.15, 0.2) is 5.65 Å². The number of anilines is 1. The van der Waals surface area contributed by atoms with Crippen molar-refractivity contribution in [2.45, 2.75) is 26.8 Å². The summed E-state index contributed by atoms with van der Waals surface area (Å²) in [7, 11) is 0. The zero-order valence-corrected chi connectivity index (χ0v) is 13.6. The van der Waals surface area contributed by atoms with E-state index >= 15 is 0 Å². The van der Waals surface area contributed by atoms with Crippen LogP contribution in [0.5, 0.6) is 0 Å². The fraction of sp³-hybridized carbons (Fsp3) is 0.500. The van der Waals surface area contributed by atoms with Crippen LogP contribution in [0.2, 0.25) is 0 Å². The van der Waals surface area contributed by atoms with Crippen LogP contribution < -0.4 is 11.5 Å². The Morgan fingerprint density at radius 3 is 2.67 bits per heavy atom. The molecule has 10 heteroatoms. The van der Waals surface area contributed by atoms with Gasteiger partial charge < -0.3 is 25.5 Å². The molecule has 0 saturated carbocycles. The number of aromatic nitrogens is 4. The lowest BCUT2D eigenvalue weighted by Crippen LogP contribution is -2.24. The van der Waals surface area contributed by atoms with E-state index in [-0.39, 0.29) is 25.1 Å². The number of nitrogens with two attached hydrogens (primary N) is 2. The van der Waals surface area contributed by atoms with Gasteiger partial charge in [0.1, 0.15) is 5.52 Å². The molecule has 0 aliphatic carbocycles. The molecule has 10 nitrogen and oxygen atoms in total. The van der Waals surface area contributed by atoms with Gasteiger partial charge in [0, 0.05) is 19.4 Å². The fourth-order valence-corrected chi connectivity index (χ4v) is 2.32. The Hall–Kier alpha value is -2.91. The Morgan fingerprint density at radius 1 is 1.29 bits per heavy atom. The van der Waals surface area contributed by atoms with Gasteiger partial charge in [-0.2, -0.15) is 4.98 Å². The lowest BCUT2D eigenvalue weighted by Gasteiger charge is -2.16. The number of carbonyl (C=O) groups is 2. The van der Waals surface area contributed by atoms with Crippen molar-refractivity contribution >= 4 is 29.2 Å². The molecule has 0 saturated heterocycles. The van der Waals surface area contributed by atoms with E-state index in [2.05, 4.69) is 15.0 Å². The van der Waals surface area contributed by atoms with Crippen LogP contribution in [0.4, 0.5) is 10.7 Å². The summed E-state index contributed by atoms with van der Waals surface area (Å²) >= 11 is 0. The van der Waals surface area contributed by atoms with Gasteiger partial charge in [-0.05, 0) is 13.3 Å². The minimum atomic E-state index is -0.865. The van der Waals surface area contributed by atoms with Gasteiger partial charge >= 0.3 is 12.1 Å². The van der Waals surface area contributed by atoms with Crippen molar-refractivity contribution in [1.29, 1.82) is 0 Å². The van der Waals surface area contributed by atoms with Crippen LogP contribution in [0.1, 0.15) is 19.0 Å². The third-order valence-corrected chi connectivity index (χ3v) is 3.43. The van der Waals surface area contributed by atoms with Gasteiger partial charge in [0.05, 0.1) is 25.2 Å². The maximum Gasteiger partial charge on any atom is 0.404 e. The Kier molecular flexibility index (Phi) is 5.51. The van der Waals surface area contributed by atoms with Gasteiger partial charge in [-0.15, -0.1) is 0 Å². The highest BCUT2D eigenvalue weighted by Crippen LogP contribution is 2.17. The third kappa shape index (κ3) is 4.54. The van der Waals surface area contributed by atoms with Crippen LogP contribution in [0, 0.1) is 12.8 Å². The minimum Gasteiger partial charge on any atom is -0.465 e. The number of rotatable bonds is 7. The molecular weight excluding hydrogens is 316 g/mol. The van der Waals surface area contributed by atoms with Crippen LogP contribution in [-0.2, 0) is 20.8 Å². The second kappa shape index (κ2) is 7.57. The first-order valence-electron chi connectivity index (χ1n) is 7.37. The molecule has 1 atom stereocenters. The molecule has 2 aromatic rings. The number of amides is 1. The monoisotopic (exact) mass is 336 g/mol. The normalized spacial score (nSPS) is 12.1. The maximum absolute atomic E-state index is 11.0. The van der Waals surface area contributed by atoms with E-state index in [1.807, 2.05) is 11.5 Å². The van der Waals surface area contributed by atoms with Gasteiger partial charge in [-0.1, -0.05) is 0 Å². The second-order valence-corrected chi connectivity index (χ2v) is 5.36. The highest BCUT2D eigenvalue weighted by atomic mass is 16.6. The van der Waals surface area contributed by atoms with E-state index in [0.717, 1.165) is 11.2 Å². The Balaban J connectivity index is 2.07. The largest absolute Gasteiger partial charge is 0.465 e. The summed E-state index contributed by atoms with van der Waals surface area (Å²) < 4.78 is 11.7. The minimum absolute atomic E-state index is 0.0671. The van der Waals surface area contributed by atoms with Crippen molar-refractivity contribution in [3.63, 3.8) is 0 Å². The number of primary amides is 1. The molecule has 1 unspecified atom stereocenters. The summed E-state index contributed by atoms with van der Waals surface area (Å²) in [5.41, 5.74) is 12.6. The highest BCUT2D eigenvalue weighted by molar-refractivity contribution is 5.74. The Labute approximate surface area is 138 Å². The molecule has 2 rings (SSSR count). The lowest BCUT2D eigenvalue weighted by molar-refractivity contribution is -0.142. The van der Waals surface area contributed by atoms with E-state index in [1.54, 1.807) is 6.33 Å². The van der Waals surface area contributed by atoms with Crippen molar-refractivity contribution in [1.82, 2.24) is 19.5 Å². The molecule has 0 bridgehead atoms. The first kappa shape index (κ1) is 17.4. The zero-order chi connectivity index (χ0) is 17.7. The van der Waals surface area contributed by atoms with E-state index in [9.17, 15) is 9.59 Å². The molecule has 0 spiro atoms. The molecule has 4 N–H and O–H groups in total. The summed E-state index contributed by atoms with van der Waals surface area (Å²) in [6.45, 7) is 3.90. The Morgan fingerprint density at radius 2 is 2.00 bits per heavy atom. The molecule has 0 radical (unpaired) electrons.